The van der Waals surface area contributed by atoms with Crippen molar-refractivity contribution in [3.05, 3.63) is 63.0 Å². The highest BCUT2D eigenvalue weighted by molar-refractivity contribution is 7.16. The number of carboxylic acids is 1. The number of nitro groups is 1. The molecule has 1 aromatic heterocycles. The predicted molar refractivity (Wildman–Crippen MR) is 95.0 cm³/mol. The number of thiophene rings is 1. The van der Waals surface area contributed by atoms with E-state index in [9.17, 15) is 24.5 Å². The summed E-state index contributed by atoms with van der Waals surface area (Å²) in [7, 11) is 0. The molecule has 0 saturated heterocycles. The zero-order valence-electron chi connectivity index (χ0n) is 13.2. The molecular weight excluding hydrogens is 362 g/mol. The van der Waals surface area contributed by atoms with Gasteiger partial charge in [0.1, 0.15) is 6.54 Å². The van der Waals surface area contributed by atoms with Gasteiger partial charge < -0.3 is 15.7 Å². The summed E-state index contributed by atoms with van der Waals surface area (Å²) < 4.78 is 0. The Labute approximate surface area is 151 Å². The molecule has 0 aliphatic heterocycles. The standard InChI is InChI=1S/C16H13N3O6S/c20-13(7-5-12-6-8-14(26-12)19(24)25)18-11-3-1-10(2-4-11)16(23)17-9-15(21)22/h1-8H,9H2,(H,17,23)(H,18,20)(H,21,22)/b7-5+. The number of rotatable bonds is 7. The van der Waals surface area contributed by atoms with Gasteiger partial charge in [0, 0.05) is 28.3 Å². The molecule has 26 heavy (non-hydrogen) atoms. The number of hydrogen-bond acceptors (Lipinski definition) is 6. The van der Waals surface area contributed by atoms with E-state index in [2.05, 4.69) is 10.6 Å². The molecule has 9 nitrogen and oxygen atoms in total. The molecule has 0 radical (unpaired) electrons. The Morgan fingerprint density at radius 2 is 1.85 bits per heavy atom. The first-order valence-electron chi connectivity index (χ1n) is 7.18. The molecular formula is C16H13N3O6S. The van der Waals surface area contributed by atoms with Crippen LogP contribution in [0.3, 0.4) is 0 Å². The predicted octanol–water partition coefficient (Wildman–Crippen LogP) is 2.12. The quantitative estimate of drug-likeness (QED) is 0.385. The molecule has 134 valence electrons. The zero-order valence-corrected chi connectivity index (χ0v) is 14.0. The fourth-order valence-corrected chi connectivity index (χ4v) is 2.56. The molecule has 0 bridgehead atoms. The number of anilines is 1. The highest BCUT2D eigenvalue weighted by Crippen LogP contribution is 2.24. The van der Waals surface area contributed by atoms with Gasteiger partial charge in [-0.2, -0.15) is 0 Å². The van der Waals surface area contributed by atoms with Gasteiger partial charge in [-0.25, -0.2) is 0 Å². The summed E-state index contributed by atoms with van der Waals surface area (Å²) in [5, 5.41) is 23.9. The summed E-state index contributed by atoms with van der Waals surface area (Å²) in [6, 6.07) is 8.78. The molecule has 0 fully saturated rings. The first-order valence-corrected chi connectivity index (χ1v) is 8.00. The van der Waals surface area contributed by atoms with Crippen LogP contribution < -0.4 is 10.6 Å². The molecule has 10 heteroatoms. The third-order valence-corrected chi connectivity index (χ3v) is 4.01. The van der Waals surface area contributed by atoms with E-state index < -0.39 is 29.3 Å². The van der Waals surface area contributed by atoms with Crippen molar-refractivity contribution >= 4 is 45.9 Å². The lowest BCUT2D eigenvalue weighted by molar-refractivity contribution is -0.380. The lowest BCUT2D eigenvalue weighted by atomic mass is 10.2. The number of carbonyl (C=O) groups is 3. The molecule has 0 unspecified atom stereocenters. The lowest BCUT2D eigenvalue weighted by Gasteiger charge is -2.05. The van der Waals surface area contributed by atoms with Crippen LogP contribution in [0.2, 0.25) is 0 Å². The van der Waals surface area contributed by atoms with Crippen molar-refractivity contribution in [2.24, 2.45) is 0 Å². The van der Waals surface area contributed by atoms with E-state index >= 15 is 0 Å². The van der Waals surface area contributed by atoms with Gasteiger partial charge in [0.25, 0.3) is 5.91 Å². The van der Waals surface area contributed by atoms with Gasteiger partial charge >= 0.3 is 11.0 Å². The monoisotopic (exact) mass is 375 g/mol. The van der Waals surface area contributed by atoms with E-state index in [1.165, 1.54) is 48.6 Å². The van der Waals surface area contributed by atoms with Crippen LogP contribution in [0.15, 0.2) is 42.5 Å². The number of nitrogens with zero attached hydrogens (tertiary/aromatic N) is 1. The summed E-state index contributed by atoms with van der Waals surface area (Å²) in [5.41, 5.74) is 0.692. The maximum absolute atomic E-state index is 11.9. The molecule has 1 aromatic carbocycles. The first-order chi connectivity index (χ1) is 12.3. The van der Waals surface area contributed by atoms with Crippen LogP contribution >= 0.6 is 11.3 Å². The van der Waals surface area contributed by atoms with Crippen molar-refractivity contribution in [2.45, 2.75) is 0 Å². The maximum Gasteiger partial charge on any atom is 0.324 e. The number of carboxylic acid groups (broad SMARTS) is 1. The van der Waals surface area contributed by atoms with Crippen LogP contribution in [-0.2, 0) is 9.59 Å². The average Bonchev–Trinajstić information content (AvgIpc) is 3.08. The lowest BCUT2D eigenvalue weighted by Crippen LogP contribution is -2.29. The van der Waals surface area contributed by atoms with Crippen molar-refractivity contribution in [3.8, 4) is 0 Å². The molecule has 2 rings (SSSR count). The largest absolute Gasteiger partial charge is 0.480 e. The Morgan fingerprint density at radius 3 is 2.42 bits per heavy atom. The average molecular weight is 375 g/mol. The molecule has 1 heterocycles. The molecule has 0 aliphatic rings. The number of nitrogens with one attached hydrogen (secondary N) is 2. The van der Waals surface area contributed by atoms with Crippen LogP contribution in [0, 0.1) is 10.1 Å². The minimum Gasteiger partial charge on any atom is -0.480 e. The smallest absolute Gasteiger partial charge is 0.324 e. The van der Waals surface area contributed by atoms with E-state index in [1.54, 1.807) is 0 Å². The number of aliphatic carboxylic acids is 1. The summed E-state index contributed by atoms with van der Waals surface area (Å²) >= 11 is 0.949. The topological polar surface area (TPSA) is 139 Å². The SMILES string of the molecule is O=C(O)CNC(=O)c1ccc(NC(=O)/C=C/c2ccc([N+](=O)[O-])s2)cc1. The number of hydrogen-bond donors (Lipinski definition) is 3. The van der Waals surface area contributed by atoms with Crippen LogP contribution in [0.4, 0.5) is 10.7 Å². The molecule has 0 atom stereocenters. The van der Waals surface area contributed by atoms with Gasteiger partial charge in [-0.05, 0) is 36.4 Å². The van der Waals surface area contributed by atoms with E-state index in [0.717, 1.165) is 11.3 Å². The fraction of sp³-hybridized carbons (Fsp3) is 0.0625. The second-order valence-electron chi connectivity index (χ2n) is 4.91. The summed E-state index contributed by atoms with van der Waals surface area (Å²) in [5.74, 6) is -2.13. The van der Waals surface area contributed by atoms with E-state index in [1.807, 2.05) is 0 Å². The second kappa shape index (κ2) is 8.53. The zero-order chi connectivity index (χ0) is 19.1. The maximum atomic E-state index is 11.9. The third kappa shape index (κ3) is 5.53. The fourth-order valence-electron chi connectivity index (χ4n) is 1.83. The van der Waals surface area contributed by atoms with Gasteiger partial charge in [0.05, 0.1) is 4.92 Å². The van der Waals surface area contributed by atoms with Crippen molar-refractivity contribution in [2.75, 3.05) is 11.9 Å². The normalized spacial score (nSPS) is 10.5. The van der Waals surface area contributed by atoms with Gasteiger partial charge in [0.15, 0.2) is 0 Å². The van der Waals surface area contributed by atoms with E-state index in [4.69, 9.17) is 5.11 Å². The molecule has 0 saturated carbocycles. The first kappa shape index (κ1) is 18.8. The minimum absolute atomic E-state index is 0.0122. The Balaban J connectivity index is 1.92. The van der Waals surface area contributed by atoms with Crippen molar-refractivity contribution < 1.29 is 24.4 Å². The highest BCUT2D eigenvalue weighted by Gasteiger charge is 2.09. The van der Waals surface area contributed by atoms with Crippen LogP contribution in [-0.4, -0.2) is 34.4 Å². The van der Waals surface area contributed by atoms with Crippen molar-refractivity contribution in [1.29, 1.82) is 0 Å². The molecule has 0 aliphatic carbocycles. The van der Waals surface area contributed by atoms with Gasteiger partial charge in [0.2, 0.25) is 5.91 Å². The van der Waals surface area contributed by atoms with Gasteiger partial charge in [-0.15, -0.1) is 0 Å². The molecule has 2 aromatic rings. The van der Waals surface area contributed by atoms with Crippen LogP contribution in [0.5, 0.6) is 0 Å². The third-order valence-electron chi connectivity index (χ3n) is 3.01. The van der Waals surface area contributed by atoms with Gasteiger partial charge in [-0.1, -0.05) is 11.3 Å². The van der Waals surface area contributed by atoms with Crippen LogP contribution in [0.25, 0.3) is 6.08 Å². The summed E-state index contributed by atoms with van der Waals surface area (Å²) in [4.78, 5) is 44.6. The highest BCUT2D eigenvalue weighted by atomic mass is 32.1. The summed E-state index contributed by atoms with van der Waals surface area (Å²) in [6.45, 7) is -0.483. The van der Waals surface area contributed by atoms with Gasteiger partial charge in [-0.3, -0.25) is 24.5 Å². The van der Waals surface area contributed by atoms with Crippen molar-refractivity contribution in [3.63, 3.8) is 0 Å². The number of amides is 2. The van der Waals surface area contributed by atoms with E-state index in [-0.39, 0.29) is 10.6 Å². The second-order valence-corrected chi connectivity index (χ2v) is 6.00. The van der Waals surface area contributed by atoms with Crippen molar-refractivity contribution in [1.82, 2.24) is 5.32 Å². The Bertz CT molecular complexity index is 872. The number of benzene rings is 1. The molecule has 2 amide bonds. The van der Waals surface area contributed by atoms with Crippen LogP contribution in [0.1, 0.15) is 15.2 Å². The van der Waals surface area contributed by atoms with E-state index in [0.29, 0.717) is 10.6 Å². The number of carbonyl (C=O) groups excluding carboxylic acids is 2. The molecule has 3 N–H and O–H groups in total. The Kier molecular flexibility index (Phi) is 6.17. The molecule has 0 spiro atoms. The summed E-state index contributed by atoms with van der Waals surface area (Å²) in [6.07, 6.45) is 2.70. The minimum atomic E-state index is -1.15. The Hall–Kier alpha value is -3.53. The Morgan fingerprint density at radius 1 is 1.15 bits per heavy atom.